The lowest BCUT2D eigenvalue weighted by Gasteiger charge is -2.22. The number of rotatable bonds is 7. The normalized spacial score (nSPS) is 12.1. The number of hydrogen-bond donors (Lipinski definition) is 1. The molecule has 0 heterocycles. The third kappa shape index (κ3) is 8.25. The average molecular weight is 269 g/mol. The van der Waals surface area contributed by atoms with Crippen molar-refractivity contribution in [2.45, 2.75) is 26.3 Å². The van der Waals surface area contributed by atoms with Crippen LogP contribution in [0.15, 0.2) is 0 Å². The number of hydrogen-bond acceptors (Lipinski definition) is 3. The molecule has 0 aromatic rings. The molecule has 16 heavy (non-hydrogen) atoms. The van der Waals surface area contributed by atoms with E-state index >= 15 is 0 Å². The van der Waals surface area contributed by atoms with Crippen molar-refractivity contribution < 1.29 is 4.79 Å². The number of likely N-dealkylation sites (N-methyl/N-ethyl adjacent to an activating group) is 1. The standard InChI is InChI=1S/C11H24N2OS.ClH/c1-9(2)8-12-10(6-7-15-5)11(14)13(3)4;/h9-10,12H,6-8H2,1-5H3;1H. The van der Waals surface area contributed by atoms with Crippen molar-refractivity contribution in [3.05, 3.63) is 0 Å². The van der Waals surface area contributed by atoms with E-state index in [1.165, 1.54) is 0 Å². The summed E-state index contributed by atoms with van der Waals surface area (Å²) in [6.45, 7) is 5.20. The van der Waals surface area contributed by atoms with Gasteiger partial charge in [-0.2, -0.15) is 11.8 Å². The number of nitrogens with one attached hydrogen (secondary N) is 1. The molecule has 0 aliphatic rings. The second kappa shape index (κ2) is 10.2. The van der Waals surface area contributed by atoms with Crippen molar-refractivity contribution in [2.24, 2.45) is 5.92 Å². The molecule has 0 saturated carbocycles. The molecule has 1 amide bonds. The first-order valence-electron chi connectivity index (χ1n) is 5.42. The second-order valence-electron chi connectivity index (χ2n) is 4.37. The third-order valence-corrected chi connectivity index (χ3v) is 2.77. The Morgan fingerprint density at radius 1 is 1.38 bits per heavy atom. The number of halogens is 1. The lowest BCUT2D eigenvalue weighted by molar-refractivity contribution is -0.131. The van der Waals surface area contributed by atoms with Crippen LogP contribution in [0.3, 0.4) is 0 Å². The molecule has 1 atom stereocenters. The first kappa shape index (κ1) is 18.4. The van der Waals surface area contributed by atoms with E-state index in [4.69, 9.17) is 0 Å². The van der Waals surface area contributed by atoms with E-state index < -0.39 is 0 Å². The van der Waals surface area contributed by atoms with Gasteiger partial charge >= 0.3 is 0 Å². The van der Waals surface area contributed by atoms with Gasteiger partial charge in [0.1, 0.15) is 0 Å². The Kier molecular flexibility index (Phi) is 11.8. The molecule has 0 spiro atoms. The molecule has 0 saturated heterocycles. The van der Waals surface area contributed by atoms with Crippen LogP contribution in [0.25, 0.3) is 0 Å². The summed E-state index contributed by atoms with van der Waals surface area (Å²) in [5.41, 5.74) is 0. The number of amides is 1. The van der Waals surface area contributed by atoms with E-state index in [0.29, 0.717) is 5.92 Å². The van der Waals surface area contributed by atoms with E-state index in [9.17, 15) is 4.79 Å². The zero-order chi connectivity index (χ0) is 11.8. The molecule has 0 aromatic heterocycles. The second-order valence-corrected chi connectivity index (χ2v) is 5.35. The summed E-state index contributed by atoms with van der Waals surface area (Å²) in [6, 6.07) is -0.0187. The molecule has 1 N–H and O–H groups in total. The molecule has 5 heteroatoms. The highest BCUT2D eigenvalue weighted by Crippen LogP contribution is 2.04. The van der Waals surface area contributed by atoms with Crippen LogP contribution in [0.1, 0.15) is 20.3 Å². The van der Waals surface area contributed by atoms with Crippen LogP contribution in [-0.2, 0) is 4.79 Å². The van der Waals surface area contributed by atoms with E-state index in [2.05, 4.69) is 25.4 Å². The fourth-order valence-electron chi connectivity index (χ4n) is 1.24. The first-order valence-corrected chi connectivity index (χ1v) is 6.82. The van der Waals surface area contributed by atoms with Crippen LogP contribution in [0, 0.1) is 5.92 Å². The number of carbonyl (C=O) groups is 1. The van der Waals surface area contributed by atoms with Crippen LogP contribution in [0.2, 0.25) is 0 Å². The highest BCUT2D eigenvalue weighted by atomic mass is 35.5. The van der Waals surface area contributed by atoms with Gasteiger partial charge in [-0.1, -0.05) is 13.8 Å². The molecule has 0 rings (SSSR count). The summed E-state index contributed by atoms with van der Waals surface area (Å²) >= 11 is 1.78. The lowest BCUT2D eigenvalue weighted by Crippen LogP contribution is -2.45. The van der Waals surface area contributed by atoms with Gasteiger partial charge in [0.25, 0.3) is 0 Å². The average Bonchev–Trinajstić information content (AvgIpc) is 2.16. The van der Waals surface area contributed by atoms with Crippen molar-refractivity contribution in [3.8, 4) is 0 Å². The van der Waals surface area contributed by atoms with Gasteiger partial charge < -0.3 is 10.2 Å². The molecule has 0 fully saturated rings. The van der Waals surface area contributed by atoms with Crippen LogP contribution in [0.5, 0.6) is 0 Å². The molecule has 1 unspecified atom stereocenters. The lowest BCUT2D eigenvalue weighted by atomic mass is 10.1. The zero-order valence-electron chi connectivity index (χ0n) is 10.9. The first-order chi connectivity index (χ1) is 6.99. The van der Waals surface area contributed by atoms with Gasteiger partial charge in [0, 0.05) is 14.1 Å². The third-order valence-electron chi connectivity index (χ3n) is 2.12. The van der Waals surface area contributed by atoms with Crippen molar-refractivity contribution in [2.75, 3.05) is 32.6 Å². The van der Waals surface area contributed by atoms with Crippen LogP contribution in [-0.4, -0.2) is 49.5 Å². The summed E-state index contributed by atoms with van der Waals surface area (Å²) in [5, 5.41) is 3.33. The van der Waals surface area contributed by atoms with E-state index in [1.807, 2.05) is 14.1 Å². The molecule has 0 bridgehead atoms. The molecule has 3 nitrogen and oxygen atoms in total. The summed E-state index contributed by atoms with van der Waals surface area (Å²) < 4.78 is 0. The van der Waals surface area contributed by atoms with Crippen LogP contribution < -0.4 is 5.32 Å². The van der Waals surface area contributed by atoms with Gasteiger partial charge in [-0.25, -0.2) is 0 Å². The Morgan fingerprint density at radius 2 is 1.94 bits per heavy atom. The molecule has 98 valence electrons. The minimum absolute atomic E-state index is 0. The monoisotopic (exact) mass is 268 g/mol. The minimum atomic E-state index is -0.0187. The summed E-state index contributed by atoms with van der Waals surface area (Å²) in [5.74, 6) is 1.79. The largest absolute Gasteiger partial charge is 0.347 e. The Bertz CT molecular complexity index is 189. The molecule has 0 radical (unpaired) electrons. The fraction of sp³-hybridized carbons (Fsp3) is 0.909. The minimum Gasteiger partial charge on any atom is -0.347 e. The highest BCUT2D eigenvalue weighted by molar-refractivity contribution is 7.98. The predicted molar refractivity (Wildman–Crippen MR) is 75.6 cm³/mol. The summed E-state index contributed by atoms with van der Waals surface area (Å²) in [6.07, 6.45) is 2.98. The van der Waals surface area contributed by atoms with Crippen molar-refractivity contribution in [3.63, 3.8) is 0 Å². The van der Waals surface area contributed by atoms with E-state index in [0.717, 1.165) is 18.7 Å². The molecule has 0 aliphatic carbocycles. The van der Waals surface area contributed by atoms with Crippen molar-refractivity contribution >= 4 is 30.1 Å². The fourth-order valence-corrected chi connectivity index (χ4v) is 1.71. The maximum atomic E-state index is 11.8. The molecular formula is C11H25ClN2OS. The van der Waals surface area contributed by atoms with Gasteiger partial charge in [-0.3, -0.25) is 4.79 Å². The maximum Gasteiger partial charge on any atom is 0.239 e. The van der Waals surface area contributed by atoms with Crippen LogP contribution in [0.4, 0.5) is 0 Å². The summed E-state index contributed by atoms with van der Waals surface area (Å²) in [4.78, 5) is 13.5. The Balaban J connectivity index is 0. The Hall–Kier alpha value is 0.0700. The Labute approximate surface area is 110 Å². The van der Waals surface area contributed by atoms with Gasteiger partial charge in [-0.15, -0.1) is 12.4 Å². The van der Waals surface area contributed by atoms with E-state index in [-0.39, 0.29) is 24.4 Å². The topological polar surface area (TPSA) is 32.3 Å². The number of nitrogens with zero attached hydrogens (tertiary/aromatic N) is 1. The Morgan fingerprint density at radius 3 is 2.31 bits per heavy atom. The zero-order valence-corrected chi connectivity index (χ0v) is 12.6. The maximum absolute atomic E-state index is 11.8. The van der Waals surface area contributed by atoms with Gasteiger partial charge in [-0.05, 0) is 30.9 Å². The summed E-state index contributed by atoms with van der Waals surface area (Å²) in [7, 11) is 3.62. The van der Waals surface area contributed by atoms with Crippen molar-refractivity contribution in [1.29, 1.82) is 0 Å². The van der Waals surface area contributed by atoms with Crippen molar-refractivity contribution in [1.82, 2.24) is 10.2 Å². The molecular weight excluding hydrogens is 244 g/mol. The number of thioether (sulfide) groups is 1. The van der Waals surface area contributed by atoms with E-state index in [1.54, 1.807) is 16.7 Å². The van der Waals surface area contributed by atoms with Gasteiger partial charge in [0.2, 0.25) is 5.91 Å². The SMILES string of the molecule is CSCCC(NCC(C)C)C(=O)N(C)C.Cl. The van der Waals surface area contributed by atoms with Gasteiger partial charge in [0.15, 0.2) is 0 Å². The van der Waals surface area contributed by atoms with Gasteiger partial charge in [0.05, 0.1) is 6.04 Å². The molecule has 0 aliphatic heterocycles. The quantitative estimate of drug-likeness (QED) is 0.765. The van der Waals surface area contributed by atoms with Crippen LogP contribution >= 0.6 is 24.2 Å². The smallest absolute Gasteiger partial charge is 0.239 e. The predicted octanol–water partition coefficient (Wildman–Crippen LogP) is 1.86. The molecule has 0 aromatic carbocycles. The highest BCUT2D eigenvalue weighted by Gasteiger charge is 2.18. The number of carbonyl (C=O) groups excluding carboxylic acids is 1.